The van der Waals surface area contributed by atoms with E-state index in [4.69, 9.17) is 0 Å². The maximum absolute atomic E-state index is 15.3. The van der Waals surface area contributed by atoms with Gasteiger partial charge >= 0.3 is 6.03 Å². The van der Waals surface area contributed by atoms with Gasteiger partial charge in [0.25, 0.3) is 5.92 Å². The van der Waals surface area contributed by atoms with Crippen molar-refractivity contribution >= 4 is 61.4 Å². The summed E-state index contributed by atoms with van der Waals surface area (Å²) in [5, 5.41) is 1.03. The molecule has 2 aromatic carbocycles. The molecule has 16 heteroatoms. The molecule has 2 aliphatic heterocycles. The zero-order valence-corrected chi connectivity index (χ0v) is 36.7. The number of halogens is 2. The monoisotopic (exact) mass is 884 g/mol. The van der Waals surface area contributed by atoms with Crippen LogP contribution < -0.4 is 4.72 Å². The van der Waals surface area contributed by atoms with Gasteiger partial charge in [-0.15, -0.1) is 6.58 Å². The quantitative estimate of drug-likeness (QED) is 0.145. The first kappa shape index (κ1) is 44.1. The Balaban J connectivity index is 1.17. The molecule has 4 fully saturated rings. The number of likely N-dealkylation sites (tertiary alicyclic amines) is 2. The van der Waals surface area contributed by atoms with Gasteiger partial charge in [0, 0.05) is 49.3 Å². The van der Waals surface area contributed by atoms with Crippen LogP contribution in [0.3, 0.4) is 0 Å². The van der Waals surface area contributed by atoms with E-state index in [0.29, 0.717) is 29.6 Å². The lowest BCUT2D eigenvalue weighted by molar-refractivity contribution is -0.151. The average molecular weight is 885 g/mol. The number of allylic oxidation sites excluding steroid dienone is 1. The van der Waals surface area contributed by atoms with E-state index in [2.05, 4.69) is 16.3 Å². The van der Waals surface area contributed by atoms with Crippen molar-refractivity contribution in [2.45, 2.75) is 102 Å². The van der Waals surface area contributed by atoms with Crippen LogP contribution in [-0.4, -0.2) is 105 Å². The van der Waals surface area contributed by atoms with Crippen molar-refractivity contribution in [3.05, 3.63) is 91.3 Å². The van der Waals surface area contributed by atoms with Crippen molar-refractivity contribution in [3.8, 4) is 0 Å². The third-order valence-electron chi connectivity index (χ3n) is 13.5. The summed E-state index contributed by atoms with van der Waals surface area (Å²) in [6.07, 6.45) is 3.13. The Bertz CT molecular complexity index is 2540. The molecular formula is C47H54F2N6O7S. The van der Waals surface area contributed by atoms with E-state index in [-0.39, 0.29) is 51.7 Å². The number of para-hydroxylation sites is 2. The van der Waals surface area contributed by atoms with Crippen LogP contribution in [0.1, 0.15) is 77.8 Å². The fraction of sp³-hybridized carbons (Fsp3) is 0.489. The maximum Gasteiger partial charge on any atom is 0.329 e. The van der Waals surface area contributed by atoms with Crippen LogP contribution in [0, 0.1) is 22.7 Å². The summed E-state index contributed by atoms with van der Waals surface area (Å²) in [5.74, 6) is -7.08. The number of ketones is 1. The fourth-order valence-electron chi connectivity index (χ4n) is 9.62. The molecule has 4 aromatic rings. The van der Waals surface area contributed by atoms with E-state index < -0.39 is 98.4 Å². The molecule has 8 rings (SSSR count). The van der Waals surface area contributed by atoms with Gasteiger partial charge in [0.2, 0.25) is 27.7 Å². The summed E-state index contributed by atoms with van der Waals surface area (Å²) in [4.78, 5) is 81.7. The summed E-state index contributed by atoms with van der Waals surface area (Å²) in [5.41, 5.74) is -0.442. The minimum absolute atomic E-state index is 0.00236. The summed E-state index contributed by atoms with van der Waals surface area (Å²) in [6.45, 7) is 8.41. The van der Waals surface area contributed by atoms with Crippen LogP contribution in [0.15, 0.2) is 85.6 Å². The number of fused-ring (bicyclic) bond motifs is 3. The highest BCUT2D eigenvalue weighted by atomic mass is 32.2. The molecule has 2 saturated heterocycles. The summed E-state index contributed by atoms with van der Waals surface area (Å²) in [6, 6.07) is 18.0. The normalized spacial score (nSPS) is 23.9. The van der Waals surface area contributed by atoms with Crippen LogP contribution in [0.2, 0.25) is 0 Å². The number of hydrogen-bond acceptors (Lipinski definition) is 8. The number of benzene rings is 2. The van der Waals surface area contributed by atoms with Gasteiger partial charge in [-0.3, -0.25) is 33.5 Å². The molecule has 4 heterocycles. The van der Waals surface area contributed by atoms with Crippen LogP contribution in [0.4, 0.5) is 13.6 Å². The third kappa shape index (κ3) is 8.75. The zero-order valence-electron chi connectivity index (χ0n) is 35.8. The van der Waals surface area contributed by atoms with Gasteiger partial charge in [-0.2, -0.15) is 0 Å². The van der Waals surface area contributed by atoms with Gasteiger partial charge in [-0.25, -0.2) is 22.0 Å². The first-order valence-electron chi connectivity index (χ1n) is 21.7. The highest BCUT2D eigenvalue weighted by Crippen LogP contribution is 2.57. The van der Waals surface area contributed by atoms with Crippen molar-refractivity contribution in [2.75, 3.05) is 19.6 Å². The van der Waals surface area contributed by atoms with Crippen molar-refractivity contribution in [3.63, 3.8) is 0 Å². The molecule has 13 nitrogen and oxygen atoms in total. The van der Waals surface area contributed by atoms with Gasteiger partial charge in [0.1, 0.15) is 0 Å². The number of nitrogens with one attached hydrogen (secondary N) is 1. The van der Waals surface area contributed by atoms with Crippen LogP contribution in [0.25, 0.3) is 21.8 Å². The van der Waals surface area contributed by atoms with E-state index >= 15 is 9.59 Å². The lowest BCUT2D eigenvalue weighted by Gasteiger charge is -2.38. The topological polar surface area (TPSA) is 159 Å². The molecule has 1 N–H and O–H groups in total. The predicted molar refractivity (Wildman–Crippen MR) is 233 cm³/mol. The van der Waals surface area contributed by atoms with Gasteiger partial charge in [-0.05, 0) is 67.7 Å². The Morgan fingerprint density at radius 1 is 0.984 bits per heavy atom. The number of aromatic nitrogens is 2. The minimum Gasteiger partial charge on any atom is -0.337 e. The summed E-state index contributed by atoms with van der Waals surface area (Å²) >= 11 is 0. The second-order valence-electron chi connectivity index (χ2n) is 18.9. The molecular weight excluding hydrogens is 831 g/mol. The lowest BCUT2D eigenvalue weighted by Crippen LogP contribution is -2.51. The molecule has 0 radical (unpaired) electrons. The highest BCUT2D eigenvalue weighted by molar-refractivity contribution is 7.90. The third-order valence-corrected chi connectivity index (χ3v) is 15.3. The Kier molecular flexibility index (Phi) is 11.6. The Labute approximate surface area is 365 Å². The molecule has 4 aliphatic rings. The predicted octanol–water partition coefficient (Wildman–Crippen LogP) is 6.70. The second-order valence-corrected chi connectivity index (χ2v) is 20.9. The molecule has 2 saturated carbocycles. The Hall–Kier alpha value is -5.51. The number of carbonyl (C=O) groups excluding carboxylic acids is 5. The number of nitrogens with zero attached hydrogens (tertiary/aromatic N) is 5. The Morgan fingerprint density at radius 2 is 1.63 bits per heavy atom. The molecule has 0 bridgehead atoms. The maximum atomic E-state index is 15.3. The minimum atomic E-state index is -3.95. The number of hydrogen-bond donors (Lipinski definition) is 1. The van der Waals surface area contributed by atoms with Crippen LogP contribution in [0.5, 0.6) is 0 Å². The number of rotatable bonds is 13. The van der Waals surface area contributed by atoms with Crippen LogP contribution >= 0.6 is 0 Å². The molecule has 2 aromatic heterocycles. The molecule has 0 unspecified atom stereocenters. The van der Waals surface area contributed by atoms with Crippen LogP contribution in [-0.2, 0) is 35.7 Å². The summed E-state index contributed by atoms with van der Waals surface area (Å²) < 4.78 is 58.8. The number of pyridine rings is 1. The number of carbonyl (C=O) groups is 5. The second kappa shape index (κ2) is 16.6. The van der Waals surface area contributed by atoms with Crippen molar-refractivity contribution in [2.24, 2.45) is 22.7 Å². The number of alkyl halides is 2. The van der Waals surface area contributed by atoms with Crippen molar-refractivity contribution in [1.29, 1.82) is 0 Å². The number of piperidine rings is 1. The van der Waals surface area contributed by atoms with E-state index in [1.54, 1.807) is 54.6 Å². The van der Waals surface area contributed by atoms with Gasteiger partial charge in [-0.1, -0.05) is 69.3 Å². The molecule has 334 valence electrons. The molecule has 63 heavy (non-hydrogen) atoms. The lowest BCUT2D eigenvalue weighted by atomic mass is 9.77. The SMILES string of the molecule is C=C[C@@H]1C[C@]1(CC(=O)[C@@H]1C[C@@H](N(Cc2ccccn2)C(=O)n2c3ccccc3c3ccccc32)CN1C(=O)[C@@H](CC(=O)N1CCCC(F)(F)C1)C(C)(C)C)C(=O)NS(=O)(=O)C1CC1. The largest absolute Gasteiger partial charge is 0.337 e. The molecule has 2 aliphatic carbocycles. The van der Waals surface area contributed by atoms with Crippen molar-refractivity contribution in [1.82, 2.24) is 29.0 Å². The van der Waals surface area contributed by atoms with E-state index in [1.165, 1.54) is 11.0 Å². The molecule has 4 amide bonds. The fourth-order valence-corrected chi connectivity index (χ4v) is 11.0. The standard InChI is InChI=1S/C47H54F2N6O7S/c1-5-30-25-46(30,43(59)51-63(61,62)33-18-19-33)26-40(56)39-23-32(28-54(39)42(58)36(45(2,3)4)24-41(57)52-22-12-20-47(48,49)29-52)53(27-31-13-10-11-21-50-31)44(60)55-37-16-8-6-14-34(37)35-15-7-9-17-38(35)55/h5-11,13-17,21,30,32-33,36,39H,1,12,18-20,22-29H2,2-4H3,(H,51,59)/t30-,32-,36-,39+,46-/m1/s1. The average Bonchev–Trinajstić information content (AvgIpc) is 4.15. The highest BCUT2D eigenvalue weighted by Gasteiger charge is 2.62. The van der Waals surface area contributed by atoms with Crippen molar-refractivity contribution < 1.29 is 41.2 Å². The van der Waals surface area contributed by atoms with Gasteiger partial charge < -0.3 is 14.7 Å². The number of amides is 4. The smallest absolute Gasteiger partial charge is 0.329 e. The van der Waals surface area contributed by atoms with E-state index in [0.717, 1.165) is 15.7 Å². The zero-order chi connectivity index (χ0) is 45.1. The first-order chi connectivity index (χ1) is 29.8. The van der Waals surface area contributed by atoms with E-state index in [1.807, 2.05) is 48.5 Å². The van der Waals surface area contributed by atoms with E-state index in [9.17, 15) is 31.6 Å². The first-order valence-corrected chi connectivity index (χ1v) is 23.2. The van der Waals surface area contributed by atoms with Gasteiger partial charge in [0.05, 0.1) is 58.5 Å². The molecule has 5 atom stereocenters. The number of Topliss-reactive ketones (excluding diaryl/α,β-unsaturated/α-hetero) is 1. The summed E-state index contributed by atoms with van der Waals surface area (Å²) in [7, 11) is -3.95. The van der Waals surface area contributed by atoms with Gasteiger partial charge in [0.15, 0.2) is 5.78 Å². The molecule has 0 spiro atoms. The Morgan fingerprint density at radius 3 is 2.21 bits per heavy atom. The number of sulfonamides is 1.